The first-order valence-electron chi connectivity index (χ1n) is 8.01. The van der Waals surface area contributed by atoms with Crippen LogP contribution in [0, 0.1) is 11.7 Å². The number of nitrogens with zero attached hydrogens (tertiary/aromatic N) is 3. The second-order valence-electron chi connectivity index (χ2n) is 5.89. The molecule has 25 heavy (non-hydrogen) atoms. The molecule has 1 aromatic carbocycles. The van der Waals surface area contributed by atoms with Gasteiger partial charge in [-0.2, -0.15) is 0 Å². The highest BCUT2D eigenvalue weighted by Gasteiger charge is 2.33. The van der Waals surface area contributed by atoms with Crippen LogP contribution in [0.1, 0.15) is 13.3 Å². The molecular weight excluding hydrogens is 343 g/mol. The monoisotopic (exact) mass is 362 g/mol. The number of halogens is 1. The fourth-order valence-electron chi connectivity index (χ4n) is 2.73. The van der Waals surface area contributed by atoms with Gasteiger partial charge in [0.2, 0.25) is 11.8 Å². The minimum absolute atomic E-state index is 0.0236. The van der Waals surface area contributed by atoms with Crippen LogP contribution < -0.4 is 5.32 Å². The first-order valence-corrected chi connectivity index (χ1v) is 8.83. The Labute approximate surface area is 149 Å². The molecule has 3 rings (SSSR count). The molecule has 1 unspecified atom stereocenters. The predicted octanol–water partition coefficient (Wildman–Crippen LogP) is 2.52. The van der Waals surface area contributed by atoms with Gasteiger partial charge in [-0.3, -0.25) is 9.59 Å². The van der Waals surface area contributed by atoms with E-state index in [1.807, 2.05) is 24.7 Å². The van der Waals surface area contributed by atoms with Crippen molar-refractivity contribution in [2.45, 2.75) is 23.4 Å². The van der Waals surface area contributed by atoms with E-state index < -0.39 is 11.7 Å². The Kier molecular flexibility index (Phi) is 5.08. The number of hydrogen-bond donors (Lipinski definition) is 1. The van der Waals surface area contributed by atoms with Crippen LogP contribution in [0.15, 0.2) is 40.6 Å². The zero-order valence-electron chi connectivity index (χ0n) is 14.0. The molecule has 1 N–H and O–H groups in total. The van der Waals surface area contributed by atoms with Gasteiger partial charge in [0.25, 0.3) is 0 Å². The minimum atomic E-state index is -0.433. The lowest BCUT2D eigenvalue weighted by Crippen LogP contribution is -2.28. The van der Waals surface area contributed by atoms with Gasteiger partial charge in [0.15, 0.2) is 5.16 Å². The molecule has 1 atom stereocenters. The van der Waals surface area contributed by atoms with Gasteiger partial charge >= 0.3 is 0 Å². The smallest absolute Gasteiger partial charge is 0.229 e. The lowest BCUT2D eigenvalue weighted by Gasteiger charge is -2.15. The maximum atomic E-state index is 13.7. The molecule has 1 aliphatic heterocycles. The van der Waals surface area contributed by atoms with Crippen molar-refractivity contribution >= 4 is 29.3 Å². The van der Waals surface area contributed by atoms with Crippen LogP contribution in [0.4, 0.5) is 10.1 Å². The van der Waals surface area contributed by atoms with Crippen LogP contribution in [0.2, 0.25) is 0 Å². The number of nitrogens with one attached hydrogen (secondary N) is 1. The fraction of sp³-hybridized carbons (Fsp3) is 0.353. The van der Waals surface area contributed by atoms with Crippen molar-refractivity contribution in [3.63, 3.8) is 0 Å². The van der Waals surface area contributed by atoms with Gasteiger partial charge < -0.3 is 14.8 Å². The van der Waals surface area contributed by atoms with Gasteiger partial charge in [-0.05, 0) is 36.9 Å². The van der Waals surface area contributed by atoms with Crippen molar-refractivity contribution < 1.29 is 14.0 Å². The molecule has 0 saturated carbocycles. The highest BCUT2D eigenvalue weighted by Crippen LogP contribution is 2.33. The molecule has 0 bridgehead atoms. The highest BCUT2D eigenvalue weighted by atomic mass is 32.2. The Bertz CT molecular complexity index is 808. The standard InChI is InChI=1S/C17H19FN4O2S/c1-3-22-10-11(8-15(22)23)16(24)20-13-9-12(18)4-5-14(13)25-17-19-6-7-21(17)2/h4-7,9,11H,3,8,10H2,1-2H3,(H,20,24). The molecule has 0 radical (unpaired) electrons. The number of amides is 2. The molecule has 132 valence electrons. The number of hydrogen-bond acceptors (Lipinski definition) is 4. The molecule has 1 aliphatic rings. The molecule has 1 fully saturated rings. The van der Waals surface area contributed by atoms with E-state index in [2.05, 4.69) is 10.3 Å². The third-order valence-electron chi connectivity index (χ3n) is 4.14. The summed E-state index contributed by atoms with van der Waals surface area (Å²) in [6, 6.07) is 4.25. The summed E-state index contributed by atoms with van der Waals surface area (Å²) in [5.41, 5.74) is 0.389. The molecule has 0 aliphatic carbocycles. The summed E-state index contributed by atoms with van der Waals surface area (Å²) in [6.07, 6.45) is 3.68. The van der Waals surface area contributed by atoms with E-state index in [1.54, 1.807) is 17.2 Å². The molecular formula is C17H19FN4O2S. The van der Waals surface area contributed by atoms with Crippen molar-refractivity contribution in [1.82, 2.24) is 14.5 Å². The van der Waals surface area contributed by atoms with Gasteiger partial charge in [-0.15, -0.1) is 0 Å². The number of rotatable bonds is 5. The van der Waals surface area contributed by atoms with Crippen molar-refractivity contribution in [2.75, 3.05) is 18.4 Å². The summed E-state index contributed by atoms with van der Waals surface area (Å²) in [4.78, 5) is 30.9. The average Bonchev–Trinajstić information content (AvgIpc) is 3.15. The number of aryl methyl sites for hydroxylation is 1. The largest absolute Gasteiger partial charge is 0.342 e. The fourth-order valence-corrected chi connectivity index (χ4v) is 3.60. The van der Waals surface area contributed by atoms with Crippen LogP contribution in [0.5, 0.6) is 0 Å². The Morgan fingerprint density at radius 3 is 2.92 bits per heavy atom. The summed E-state index contributed by atoms with van der Waals surface area (Å²) < 4.78 is 15.5. The normalized spacial score (nSPS) is 17.2. The summed E-state index contributed by atoms with van der Waals surface area (Å²) >= 11 is 1.34. The van der Waals surface area contributed by atoms with Gasteiger partial charge in [-0.25, -0.2) is 9.37 Å². The molecule has 2 heterocycles. The van der Waals surface area contributed by atoms with E-state index in [-0.39, 0.29) is 18.2 Å². The van der Waals surface area contributed by atoms with E-state index in [9.17, 15) is 14.0 Å². The van der Waals surface area contributed by atoms with Crippen molar-refractivity contribution in [3.05, 3.63) is 36.4 Å². The Balaban J connectivity index is 1.77. The van der Waals surface area contributed by atoms with Gasteiger partial charge in [0.05, 0.1) is 11.6 Å². The van der Waals surface area contributed by atoms with Gasteiger partial charge in [0.1, 0.15) is 5.82 Å². The van der Waals surface area contributed by atoms with Crippen molar-refractivity contribution in [2.24, 2.45) is 13.0 Å². The molecule has 2 aromatic rings. The maximum Gasteiger partial charge on any atom is 0.229 e. The summed E-state index contributed by atoms with van der Waals surface area (Å²) in [6.45, 7) is 2.87. The topological polar surface area (TPSA) is 67.2 Å². The van der Waals surface area contributed by atoms with Gasteiger partial charge in [-0.1, -0.05) is 0 Å². The third-order valence-corrected chi connectivity index (χ3v) is 5.30. The Hall–Kier alpha value is -2.35. The third kappa shape index (κ3) is 3.84. The van der Waals surface area contributed by atoms with Crippen LogP contribution >= 0.6 is 11.8 Å². The van der Waals surface area contributed by atoms with Crippen LogP contribution in [0.25, 0.3) is 0 Å². The van der Waals surface area contributed by atoms with E-state index in [1.165, 1.54) is 23.9 Å². The van der Waals surface area contributed by atoms with Crippen LogP contribution in [0.3, 0.4) is 0 Å². The zero-order chi connectivity index (χ0) is 18.0. The van der Waals surface area contributed by atoms with Crippen LogP contribution in [-0.2, 0) is 16.6 Å². The number of likely N-dealkylation sites (tertiary alicyclic amines) is 1. The number of aromatic nitrogens is 2. The number of anilines is 1. The minimum Gasteiger partial charge on any atom is -0.342 e. The lowest BCUT2D eigenvalue weighted by molar-refractivity contribution is -0.128. The predicted molar refractivity (Wildman–Crippen MR) is 92.7 cm³/mol. The van der Waals surface area contributed by atoms with E-state index in [0.29, 0.717) is 23.7 Å². The zero-order valence-corrected chi connectivity index (χ0v) is 14.8. The number of carbonyl (C=O) groups excluding carboxylic acids is 2. The second-order valence-corrected chi connectivity index (χ2v) is 6.90. The number of carbonyl (C=O) groups is 2. The summed E-state index contributed by atoms with van der Waals surface area (Å²) in [7, 11) is 1.86. The van der Waals surface area contributed by atoms with E-state index in [4.69, 9.17) is 0 Å². The second kappa shape index (κ2) is 7.26. The average molecular weight is 362 g/mol. The summed E-state index contributed by atoms with van der Waals surface area (Å²) in [5, 5.41) is 3.51. The molecule has 6 nitrogen and oxygen atoms in total. The van der Waals surface area contributed by atoms with E-state index >= 15 is 0 Å². The highest BCUT2D eigenvalue weighted by molar-refractivity contribution is 7.99. The SMILES string of the molecule is CCN1CC(C(=O)Nc2cc(F)ccc2Sc2nccn2C)CC1=O. The molecule has 8 heteroatoms. The first-order chi connectivity index (χ1) is 12.0. The van der Waals surface area contributed by atoms with Crippen LogP contribution in [-0.4, -0.2) is 39.4 Å². The quantitative estimate of drug-likeness (QED) is 0.888. The molecule has 1 aromatic heterocycles. The number of benzene rings is 1. The first kappa shape index (κ1) is 17.5. The van der Waals surface area contributed by atoms with E-state index in [0.717, 1.165) is 5.16 Å². The van der Waals surface area contributed by atoms with Crippen molar-refractivity contribution in [1.29, 1.82) is 0 Å². The molecule has 2 amide bonds. The van der Waals surface area contributed by atoms with Crippen molar-refractivity contribution in [3.8, 4) is 0 Å². The molecule has 1 saturated heterocycles. The van der Waals surface area contributed by atoms with Gasteiger partial charge in [0, 0.05) is 43.8 Å². The Morgan fingerprint density at radius 2 is 2.28 bits per heavy atom. The number of imidazole rings is 1. The summed E-state index contributed by atoms with van der Waals surface area (Å²) in [5.74, 6) is -1.14. The Morgan fingerprint density at radius 1 is 1.48 bits per heavy atom. The molecule has 0 spiro atoms. The maximum absolute atomic E-state index is 13.7. The lowest BCUT2D eigenvalue weighted by atomic mass is 10.1.